The third kappa shape index (κ3) is 7.02. The van der Waals surface area contributed by atoms with Gasteiger partial charge in [0.1, 0.15) is 0 Å². The van der Waals surface area contributed by atoms with Gasteiger partial charge in [-0.25, -0.2) is 0 Å². The first kappa shape index (κ1) is 16.9. The molecule has 0 rings (SSSR count). The molecule has 0 radical (unpaired) electrons. The van der Waals surface area contributed by atoms with E-state index in [1.54, 1.807) is 0 Å². The molecule has 0 aromatic carbocycles. The highest BCUT2D eigenvalue weighted by atomic mass is 16.3. The molecule has 0 aliphatic heterocycles. The minimum atomic E-state index is -0.0808. The average molecular weight is 244 g/mol. The summed E-state index contributed by atoms with van der Waals surface area (Å²) in [5.74, 6) is 0. The zero-order chi connectivity index (χ0) is 13.5. The summed E-state index contributed by atoms with van der Waals surface area (Å²) < 4.78 is 0. The van der Waals surface area contributed by atoms with Crippen LogP contribution in [0.1, 0.15) is 47.0 Å². The maximum atomic E-state index is 9.45. The largest absolute Gasteiger partial charge is 0.394 e. The van der Waals surface area contributed by atoms with Crippen molar-refractivity contribution in [1.82, 2.24) is 10.2 Å². The summed E-state index contributed by atoms with van der Waals surface area (Å²) in [5, 5.41) is 12.7. The molecule has 2 N–H and O–H groups in total. The zero-order valence-electron chi connectivity index (χ0n) is 12.6. The topological polar surface area (TPSA) is 35.5 Å². The van der Waals surface area contributed by atoms with Crippen molar-refractivity contribution in [3.8, 4) is 0 Å². The van der Waals surface area contributed by atoms with Crippen LogP contribution in [0.4, 0.5) is 0 Å². The fourth-order valence-corrected chi connectivity index (χ4v) is 2.32. The Balaban J connectivity index is 3.97. The van der Waals surface area contributed by atoms with E-state index >= 15 is 0 Å². The molecule has 17 heavy (non-hydrogen) atoms. The van der Waals surface area contributed by atoms with Crippen LogP contribution in [-0.2, 0) is 0 Å². The van der Waals surface area contributed by atoms with Gasteiger partial charge < -0.3 is 15.3 Å². The maximum Gasteiger partial charge on any atom is 0.0613 e. The molecule has 0 heterocycles. The summed E-state index contributed by atoms with van der Waals surface area (Å²) in [7, 11) is 4.12. The summed E-state index contributed by atoms with van der Waals surface area (Å²) in [6.07, 6.45) is 3.13. The number of hydrogen-bond donors (Lipinski definition) is 2. The number of hydrogen-bond acceptors (Lipinski definition) is 3. The second kappa shape index (κ2) is 7.34. The average Bonchev–Trinajstić information content (AvgIpc) is 2.22. The monoisotopic (exact) mass is 244 g/mol. The van der Waals surface area contributed by atoms with Crippen LogP contribution in [-0.4, -0.2) is 49.3 Å². The van der Waals surface area contributed by atoms with E-state index in [2.05, 4.69) is 45.0 Å². The van der Waals surface area contributed by atoms with Crippen LogP contribution in [0.5, 0.6) is 0 Å². The summed E-state index contributed by atoms with van der Waals surface area (Å²) in [4.78, 5) is 2.38. The van der Waals surface area contributed by atoms with Gasteiger partial charge in [0.2, 0.25) is 0 Å². The van der Waals surface area contributed by atoms with Gasteiger partial charge in [-0.1, -0.05) is 27.7 Å². The van der Waals surface area contributed by atoms with Crippen LogP contribution < -0.4 is 5.32 Å². The molecule has 104 valence electrons. The molecule has 0 fully saturated rings. The van der Waals surface area contributed by atoms with Crippen molar-refractivity contribution in [2.24, 2.45) is 5.41 Å². The van der Waals surface area contributed by atoms with Crippen molar-refractivity contribution in [3.63, 3.8) is 0 Å². The van der Waals surface area contributed by atoms with Crippen LogP contribution in [0, 0.1) is 5.41 Å². The second-order valence-electron chi connectivity index (χ2n) is 6.44. The summed E-state index contributed by atoms with van der Waals surface area (Å²) in [6.45, 7) is 11.4. The van der Waals surface area contributed by atoms with Crippen molar-refractivity contribution in [2.75, 3.05) is 33.8 Å². The highest BCUT2D eigenvalue weighted by molar-refractivity contribution is 4.84. The molecular weight excluding hydrogens is 212 g/mol. The fraction of sp³-hybridized carbons (Fsp3) is 1.00. The van der Waals surface area contributed by atoms with Gasteiger partial charge in [-0.15, -0.1) is 0 Å². The van der Waals surface area contributed by atoms with Gasteiger partial charge >= 0.3 is 0 Å². The first-order valence-corrected chi connectivity index (χ1v) is 6.77. The van der Waals surface area contributed by atoms with Crippen LogP contribution in [0.3, 0.4) is 0 Å². The zero-order valence-corrected chi connectivity index (χ0v) is 12.6. The molecule has 0 aromatic rings. The number of nitrogens with one attached hydrogen (secondary N) is 1. The first-order chi connectivity index (χ1) is 7.78. The number of likely N-dealkylation sites (N-methyl/N-ethyl adjacent to an activating group) is 1. The molecule has 0 amide bonds. The SMILES string of the molecule is CCC(CO)(CCCN(C)CC(C)(C)C)NC. The lowest BCUT2D eigenvalue weighted by molar-refractivity contribution is 0.144. The van der Waals surface area contributed by atoms with Crippen molar-refractivity contribution < 1.29 is 5.11 Å². The van der Waals surface area contributed by atoms with Gasteiger partial charge in [-0.05, 0) is 45.3 Å². The normalized spacial score (nSPS) is 16.2. The quantitative estimate of drug-likeness (QED) is 0.686. The fourth-order valence-electron chi connectivity index (χ4n) is 2.32. The molecule has 0 aliphatic carbocycles. The van der Waals surface area contributed by atoms with Gasteiger partial charge in [-0.3, -0.25) is 0 Å². The highest BCUT2D eigenvalue weighted by Crippen LogP contribution is 2.18. The van der Waals surface area contributed by atoms with Gasteiger partial charge in [-0.2, -0.15) is 0 Å². The second-order valence-corrected chi connectivity index (χ2v) is 6.44. The highest BCUT2D eigenvalue weighted by Gasteiger charge is 2.24. The van der Waals surface area contributed by atoms with Crippen LogP contribution in [0.25, 0.3) is 0 Å². The van der Waals surface area contributed by atoms with Gasteiger partial charge in [0, 0.05) is 12.1 Å². The van der Waals surface area contributed by atoms with Crippen molar-refractivity contribution in [1.29, 1.82) is 0 Å². The predicted octanol–water partition coefficient (Wildman–Crippen LogP) is 2.10. The predicted molar refractivity (Wildman–Crippen MR) is 75.4 cm³/mol. The number of aliphatic hydroxyl groups excluding tert-OH is 1. The maximum absolute atomic E-state index is 9.45. The van der Waals surface area contributed by atoms with Crippen molar-refractivity contribution >= 4 is 0 Å². The molecular formula is C14H32N2O. The standard InChI is InChI=1S/C14H32N2O/c1-7-14(12-17,15-5)9-8-10-16(6)11-13(2,3)4/h15,17H,7-12H2,1-6H3. The summed E-state index contributed by atoms with van der Waals surface area (Å²) in [6, 6.07) is 0. The van der Waals surface area contributed by atoms with E-state index in [0.29, 0.717) is 5.41 Å². The molecule has 0 saturated heterocycles. The minimum Gasteiger partial charge on any atom is -0.394 e. The molecule has 3 heteroatoms. The Morgan fingerprint density at radius 3 is 2.18 bits per heavy atom. The van der Waals surface area contributed by atoms with E-state index in [1.807, 2.05) is 7.05 Å². The van der Waals surface area contributed by atoms with Gasteiger partial charge in [0.25, 0.3) is 0 Å². The number of aliphatic hydroxyl groups is 1. The third-order valence-electron chi connectivity index (χ3n) is 3.45. The molecule has 0 bridgehead atoms. The Morgan fingerprint density at radius 2 is 1.82 bits per heavy atom. The first-order valence-electron chi connectivity index (χ1n) is 6.77. The molecule has 0 aromatic heterocycles. The Bertz CT molecular complexity index is 187. The van der Waals surface area contributed by atoms with Crippen molar-refractivity contribution in [3.05, 3.63) is 0 Å². The van der Waals surface area contributed by atoms with Crippen LogP contribution in [0.15, 0.2) is 0 Å². The number of nitrogens with zero attached hydrogens (tertiary/aromatic N) is 1. The molecule has 1 atom stereocenters. The lowest BCUT2D eigenvalue weighted by atomic mass is 9.91. The van der Waals surface area contributed by atoms with Crippen LogP contribution in [0.2, 0.25) is 0 Å². The molecule has 0 saturated carbocycles. The van der Waals surface area contributed by atoms with E-state index in [4.69, 9.17) is 0 Å². The smallest absolute Gasteiger partial charge is 0.0613 e. The molecule has 1 unspecified atom stereocenters. The Kier molecular flexibility index (Phi) is 7.29. The lowest BCUT2D eigenvalue weighted by Crippen LogP contribution is -2.46. The molecule has 0 aliphatic rings. The molecule has 3 nitrogen and oxygen atoms in total. The summed E-state index contributed by atoms with van der Waals surface area (Å²) in [5.41, 5.74) is 0.277. The van der Waals surface area contributed by atoms with E-state index < -0.39 is 0 Å². The number of rotatable bonds is 8. The van der Waals surface area contributed by atoms with E-state index in [0.717, 1.165) is 32.4 Å². The summed E-state index contributed by atoms with van der Waals surface area (Å²) >= 11 is 0. The minimum absolute atomic E-state index is 0.0808. The van der Waals surface area contributed by atoms with E-state index in [1.165, 1.54) is 0 Å². The van der Waals surface area contributed by atoms with E-state index in [9.17, 15) is 5.11 Å². The Morgan fingerprint density at radius 1 is 1.24 bits per heavy atom. The van der Waals surface area contributed by atoms with Crippen molar-refractivity contribution in [2.45, 2.75) is 52.5 Å². The van der Waals surface area contributed by atoms with Gasteiger partial charge in [0.05, 0.1) is 6.61 Å². The third-order valence-corrected chi connectivity index (χ3v) is 3.45. The Labute approximate surface area is 108 Å². The van der Waals surface area contributed by atoms with E-state index in [-0.39, 0.29) is 12.1 Å². The molecule has 0 spiro atoms. The van der Waals surface area contributed by atoms with Crippen LogP contribution >= 0.6 is 0 Å². The Hall–Kier alpha value is -0.120. The van der Waals surface area contributed by atoms with Gasteiger partial charge in [0.15, 0.2) is 0 Å². The lowest BCUT2D eigenvalue weighted by Gasteiger charge is -2.32.